The molecule has 1 heterocycles. The van der Waals surface area contributed by atoms with E-state index in [-0.39, 0.29) is 0 Å². The molecule has 4 heteroatoms. The van der Waals surface area contributed by atoms with Gasteiger partial charge in [0.2, 0.25) is 0 Å². The summed E-state index contributed by atoms with van der Waals surface area (Å²) in [5.41, 5.74) is 5.59. The number of unbranched alkanes of at least 4 members (excludes halogenated alkanes) is 3. The Morgan fingerprint density at radius 1 is 1.31 bits per heavy atom. The number of rotatable bonds is 8. The second kappa shape index (κ2) is 7.49. The van der Waals surface area contributed by atoms with Crippen LogP contribution < -0.4 is 11.1 Å². The van der Waals surface area contributed by atoms with Gasteiger partial charge in [0.25, 0.3) is 0 Å². The van der Waals surface area contributed by atoms with E-state index in [0.717, 1.165) is 22.6 Å². The van der Waals surface area contributed by atoms with Gasteiger partial charge in [-0.05, 0) is 12.3 Å². The fourth-order valence-corrected chi connectivity index (χ4v) is 2.20. The number of nitrogens with zero attached hydrogens (tertiary/aromatic N) is 1. The van der Waals surface area contributed by atoms with Crippen LogP contribution in [0.15, 0.2) is 6.20 Å². The van der Waals surface area contributed by atoms with E-state index in [4.69, 9.17) is 5.73 Å². The molecule has 3 nitrogen and oxygen atoms in total. The number of thiazole rings is 1. The maximum absolute atomic E-state index is 5.59. The minimum absolute atomic E-state index is 0.777. The van der Waals surface area contributed by atoms with Gasteiger partial charge in [-0.2, -0.15) is 0 Å². The molecule has 0 aliphatic rings. The monoisotopic (exact) mass is 241 g/mol. The molecule has 0 amide bonds. The van der Waals surface area contributed by atoms with Gasteiger partial charge in [0, 0.05) is 6.54 Å². The van der Waals surface area contributed by atoms with E-state index < -0.39 is 0 Å². The molecule has 0 unspecified atom stereocenters. The zero-order valence-electron chi connectivity index (χ0n) is 10.3. The summed E-state index contributed by atoms with van der Waals surface area (Å²) >= 11 is 1.52. The fraction of sp³-hybridized carbons (Fsp3) is 0.750. The average molecular weight is 241 g/mol. The third-order valence-corrected chi connectivity index (χ3v) is 3.29. The molecule has 0 bridgehead atoms. The van der Waals surface area contributed by atoms with Crippen molar-refractivity contribution in [1.82, 2.24) is 4.98 Å². The normalized spacial score (nSPS) is 10.9. The Kier molecular flexibility index (Phi) is 6.23. The fourth-order valence-electron chi connectivity index (χ4n) is 1.59. The maximum Gasteiger partial charge on any atom is 0.184 e. The predicted molar refractivity (Wildman–Crippen MR) is 72.9 cm³/mol. The average Bonchev–Trinajstić information content (AvgIpc) is 2.62. The summed E-state index contributed by atoms with van der Waals surface area (Å²) in [5, 5.41) is 5.01. The molecule has 1 aromatic rings. The van der Waals surface area contributed by atoms with E-state index in [1.165, 1.54) is 43.4 Å². The van der Waals surface area contributed by atoms with E-state index in [1.54, 1.807) is 6.20 Å². The van der Waals surface area contributed by atoms with Gasteiger partial charge < -0.3 is 11.1 Å². The van der Waals surface area contributed by atoms with Crippen molar-refractivity contribution in [3.8, 4) is 0 Å². The van der Waals surface area contributed by atoms with Gasteiger partial charge in [-0.25, -0.2) is 4.98 Å². The second-order valence-corrected chi connectivity index (χ2v) is 5.65. The van der Waals surface area contributed by atoms with Crippen LogP contribution in [0.4, 0.5) is 10.1 Å². The summed E-state index contributed by atoms with van der Waals surface area (Å²) in [6.07, 6.45) is 8.30. The van der Waals surface area contributed by atoms with Gasteiger partial charge in [0.15, 0.2) is 5.13 Å². The van der Waals surface area contributed by atoms with E-state index >= 15 is 0 Å². The van der Waals surface area contributed by atoms with Gasteiger partial charge in [0.05, 0.1) is 6.20 Å². The minimum atomic E-state index is 0.777. The zero-order chi connectivity index (χ0) is 11.8. The Labute approximate surface area is 102 Å². The van der Waals surface area contributed by atoms with Crippen molar-refractivity contribution >= 4 is 21.5 Å². The SMILES string of the molecule is CC(C)CCCCCCNc1ncc(N)s1. The first-order chi connectivity index (χ1) is 7.68. The zero-order valence-corrected chi connectivity index (χ0v) is 11.1. The lowest BCUT2D eigenvalue weighted by Gasteiger charge is -2.04. The molecule has 1 rings (SSSR count). The Hall–Kier alpha value is -0.770. The molecule has 0 aliphatic heterocycles. The number of aromatic nitrogens is 1. The van der Waals surface area contributed by atoms with Crippen LogP contribution in [0.25, 0.3) is 0 Å². The molecule has 1 aromatic heterocycles. The number of nitrogen functional groups attached to an aromatic ring is 1. The Balaban J connectivity index is 1.92. The van der Waals surface area contributed by atoms with Gasteiger partial charge in [-0.15, -0.1) is 0 Å². The maximum atomic E-state index is 5.59. The molecule has 0 aromatic carbocycles. The number of nitrogens with one attached hydrogen (secondary N) is 1. The van der Waals surface area contributed by atoms with E-state index in [1.807, 2.05) is 0 Å². The molecule has 0 fully saturated rings. The first-order valence-electron chi connectivity index (χ1n) is 6.13. The molecule has 0 spiro atoms. The van der Waals surface area contributed by atoms with E-state index in [2.05, 4.69) is 24.1 Å². The van der Waals surface area contributed by atoms with Crippen LogP contribution in [0.5, 0.6) is 0 Å². The second-order valence-electron chi connectivity index (χ2n) is 4.59. The van der Waals surface area contributed by atoms with Crippen molar-refractivity contribution in [3.05, 3.63) is 6.20 Å². The first kappa shape index (κ1) is 13.3. The lowest BCUT2D eigenvalue weighted by atomic mass is 10.0. The first-order valence-corrected chi connectivity index (χ1v) is 6.95. The molecule has 0 atom stereocenters. The van der Waals surface area contributed by atoms with E-state index in [9.17, 15) is 0 Å². The quantitative estimate of drug-likeness (QED) is 0.682. The highest BCUT2D eigenvalue weighted by atomic mass is 32.1. The molecule has 0 radical (unpaired) electrons. The standard InChI is InChI=1S/C12H23N3S/c1-10(2)7-5-3-4-6-8-14-12-15-9-11(13)16-12/h9-10H,3-8,13H2,1-2H3,(H,14,15). The highest BCUT2D eigenvalue weighted by Gasteiger charge is 1.97. The van der Waals surface area contributed by atoms with Gasteiger partial charge >= 0.3 is 0 Å². The Morgan fingerprint density at radius 3 is 2.69 bits per heavy atom. The van der Waals surface area contributed by atoms with Crippen molar-refractivity contribution in [1.29, 1.82) is 0 Å². The van der Waals surface area contributed by atoms with Gasteiger partial charge in [-0.3, -0.25) is 0 Å². The molecule has 0 aliphatic carbocycles. The van der Waals surface area contributed by atoms with Gasteiger partial charge in [0.1, 0.15) is 5.00 Å². The molecular formula is C12H23N3S. The molecule has 3 N–H and O–H groups in total. The minimum Gasteiger partial charge on any atom is -0.389 e. The lowest BCUT2D eigenvalue weighted by Crippen LogP contribution is -2.00. The smallest absolute Gasteiger partial charge is 0.184 e. The highest BCUT2D eigenvalue weighted by molar-refractivity contribution is 7.19. The number of anilines is 2. The molecule has 0 saturated carbocycles. The van der Waals surface area contributed by atoms with Crippen molar-refractivity contribution < 1.29 is 0 Å². The molecule has 92 valence electrons. The summed E-state index contributed by atoms with van der Waals surface area (Å²) in [4.78, 5) is 4.16. The lowest BCUT2D eigenvalue weighted by molar-refractivity contribution is 0.523. The number of hydrogen-bond donors (Lipinski definition) is 2. The Morgan fingerprint density at radius 2 is 2.06 bits per heavy atom. The van der Waals surface area contributed by atoms with Gasteiger partial charge in [-0.1, -0.05) is 50.9 Å². The van der Waals surface area contributed by atoms with Crippen LogP contribution in [0.1, 0.15) is 46.0 Å². The summed E-state index contributed by atoms with van der Waals surface area (Å²) in [6, 6.07) is 0. The van der Waals surface area contributed by atoms with E-state index in [0.29, 0.717) is 0 Å². The number of hydrogen-bond acceptors (Lipinski definition) is 4. The summed E-state index contributed by atoms with van der Waals surface area (Å²) in [7, 11) is 0. The van der Waals surface area contributed by atoms with Crippen LogP contribution >= 0.6 is 11.3 Å². The largest absolute Gasteiger partial charge is 0.389 e. The van der Waals surface area contributed by atoms with Crippen LogP contribution in [-0.4, -0.2) is 11.5 Å². The van der Waals surface area contributed by atoms with Crippen LogP contribution in [-0.2, 0) is 0 Å². The number of nitrogens with two attached hydrogens (primary N) is 1. The Bertz CT molecular complexity index is 284. The predicted octanol–water partition coefficient (Wildman–Crippen LogP) is 3.74. The molecule has 0 saturated heterocycles. The van der Waals surface area contributed by atoms with Crippen LogP contribution in [0.3, 0.4) is 0 Å². The van der Waals surface area contributed by atoms with Crippen molar-refractivity contribution in [2.24, 2.45) is 5.92 Å². The third kappa shape index (κ3) is 5.95. The summed E-state index contributed by atoms with van der Waals surface area (Å²) < 4.78 is 0. The highest BCUT2D eigenvalue weighted by Crippen LogP contribution is 2.19. The summed E-state index contributed by atoms with van der Waals surface area (Å²) in [6.45, 7) is 5.58. The summed E-state index contributed by atoms with van der Waals surface area (Å²) in [5.74, 6) is 0.844. The van der Waals surface area contributed by atoms with Crippen molar-refractivity contribution in [2.75, 3.05) is 17.6 Å². The van der Waals surface area contributed by atoms with Crippen LogP contribution in [0.2, 0.25) is 0 Å². The topological polar surface area (TPSA) is 50.9 Å². The third-order valence-electron chi connectivity index (χ3n) is 2.51. The van der Waals surface area contributed by atoms with Crippen molar-refractivity contribution in [2.45, 2.75) is 46.0 Å². The van der Waals surface area contributed by atoms with Crippen molar-refractivity contribution in [3.63, 3.8) is 0 Å². The molecule has 16 heavy (non-hydrogen) atoms. The molecular weight excluding hydrogens is 218 g/mol. The van der Waals surface area contributed by atoms with Crippen LogP contribution in [0, 0.1) is 5.92 Å².